The number of aromatic nitrogens is 1. The van der Waals surface area contributed by atoms with Gasteiger partial charge in [0.1, 0.15) is 0 Å². The van der Waals surface area contributed by atoms with Crippen LogP contribution in [0.1, 0.15) is 37.2 Å². The van der Waals surface area contributed by atoms with E-state index >= 15 is 0 Å². The lowest BCUT2D eigenvalue weighted by atomic mass is 9.98. The molecule has 0 spiro atoms. The molecule has 22 heavy (non-hydrogen) atoms. The van der Waals surface area contributed by atoms with Gasteiger partial charge in [0.25, 0.3) is 5.91 Å². The highest BCUT2D eigenvalue weighted by molar-refractivity contribution is 5.95. The Balaban J connectivity index is 0.00000176. The normalized spacial score (nSPS) is 26.7. The highest BCUT2D eigenvalue weighted by Crippen LogP contribution is 2.37. The predicted octanol–water partition coefficient (Wildman–Crippen LogP) is 2.10. The first-order valence-electron chi connectivity index (χ1n) is 7.72. The van der Waals surface area contributed by atoms with E-state index < -0.39 is 0 Å². The average Bonchev–Trinajstić information content (AvgIpc) is 3.01. The van der Waals surface area contributed by atoms with Crippen LogP contribution in [0.15, 0.2) is 18.3 Å². The summed E-state index contributed by atoms with van der Waals surface area (Å²) in [5, 5.41) is 0. The number of hydrogen-bond donors (Lipinski definition) is 1. The molecule has 0 aromatic carbocycles. The van der Waals surface area contributed by atoms with E-state index in [1.165, 1.54) is 0 Å². The minimum atomic E-state index is -0.0344. The van der Waals surface area contributed by atoms with E-state index in [9.17, 15) is 4.79 Å². The molecule has 1 saturated heterocycles. The van der Waals surface area contributed by atoms with Crippen molar-refractivity contribution in [3.8, 4) is 5.75 Å². The lowest BCUT2D eigenvalue weighted by Gasteiger charge is -2.20. The van der Waals surface area contributed by atoms with Gasteiger partial charge in [-0.2, -0.15) is 0 Å². The molecule has 2 heterocycles. The molecule has 1 aromatic rings. The molecule has 1 amide bonds. The number of nitrogens with zero attached hydrogens (tertiary/aromatic N) is 2. The summed E-state index contributed by atoms with van der Waals surface area (Å²) >= 11 is 0. The van der Waals surface area contributed by atoms with E-state index in [-0.39, 0.29) is 30.5 Å². The summed E-state index contributed by atoms with van der Waals surface area (Å²) in [6.07, 6.45) is 3.88. The van der Waals surface area contributed by atoms with Crippen molar-refractivity contribution in [1.82, 2.24) is 9.88 Å². The SMILES string of the molecule is CC(C)Oc1cccnc1C(=O)N1CC2CCC(N)C2C1.Cl. The average molecular weight is 326 g/mol. The molecule has 122 valence electrons. The van der Waals surface area contributed by atoms with Gasteiger partial charge in [0.2, 0.25) is 0 Å². The maximum Gasteiger partial charge on any atom is 0.276 e. The Bertz CT molecular complexity index is 538. The van der Waals surface area contributed by atoms with Gasteiger partial charge in [-0.25, -0.2) is 4.98 Å². The van der Waals surface area contributed by atoms with Crippen LogP contribution >= 0.6 is 12.4 Å². The van der Waals surface area contributed by atoms with Gasteiger partial charge in [-0.05, 0) is 50.7 Å². The van der Waals surface area contributed by atoms with E-state index in [0.29, 0.717) is 23.3 Å². The predicted molar refractivity (Wildman–Crippen MR) is 87.3 cm³/mol. The van der Waals surface area contributed by atoms with Crippen LogP contribution in [0.2, 0.25) is 0 Å². The summed E-state index contributed by atoms with van der Waals surface area (Å²) in [4.78, 5) is 18.9. The summed E-state index contributed by atoms with van der Waals surface area (Å²) < 4.78 is 5.71. The smallest absolute Gasteiger partial charge is 0.276 e. The van der Waals surface area contributed by atoms with Crippen molar-refractivity contribution < 1.29 is 9.53 Å². The number of pyridine rings is 1. The Kier molecular flexibility index (Phi) is 5.29. The van der Waals surface area contributed by atoms with E-state index in [0.717, 1.165) is 25.9 Å². The fourth-order valence-corrected chi connectivity index (χ4v) is 3.52. The van der Waals surface area contributed by atoms with Crippen LogP contribution in [0.5, 0.6) is 5.75 Å². The third kappa shape index (κ3) is 3.20. The first-order valence-corrected chi connectivity index (χ1v) is 7.72. The van der Waals surface area contributed by atoms with Crippen LogP contribution in [-0.2, 0) is 0 Å². The van der Waals surface area contributed by atoms with Gasteiger partial charge in [-0.15, -0.1) is 12.4 Å². The number of rotatable bonds is 3. The Morgan fingerprint density at radius 3 is 2.86 bits per heavy atom. The Morgan fingerprint density at radius 2 is 2.18 bits per heavy atom. The molecule has 2 N–H and O–H groups in total. The van der Waals surface area contributed by atoms with Crippen LogP contribution in [0.4, 0.5) is 0 Å². The van der Waals surface area contributed by atoms with Crippen LogP contribution < -0.4 is 10.5 Å². The van der Waals surface area contributed by atoms with Gasteiger partial charge in [-0.1, -0.05) is 0 Å². The molecule has 3 atom stereocenters. The second kappa shape index (κ2) is 6.84. The molecule has 0 bridgehead atoms. The molecule has 1 aromatic heterocycles. The van der Waals surface area contributed by atoms with Crippen LogP contribution in [0.3, 0.4) is 0 Å². The largest absolute Gasteiger partial charge is 0.489 e. The molecule has 3 unspecified atom stereocenters. The first-order chi connectivity index (χ1) is 10.1. The molecular formula is C16H24ClN3O2. The number of fused-ring (bicyclic) bond motifs is 1. The van der Waals surface area contributed by atoms with E-state index in [1.54, 1.807) is 12.3 Å². The first kappa shape index (κ1) is 17.0. The van der Waals surface area contributed by atoms with Gasteiger partial charge < -0.3 is 15.4 Å². The molecule has 0 radical (unpaired) electrons. The standard InChI is InChI=1S/C16H23N3O2.ClH/c1-10(2)21-14-4-3-7-18-15(14)16(20)19-8-11-5-6-13(17)12(11)9-19;/h3-4,7,10-13H,5-6,8-9,17H2,1-2H3;1H. The molecular weight excluding hydrogens is 302 g/mol. The number of amides is 1. The number of halogens is 1. The number of ether oxygens (including phenoxy) is 1. The number of hydrogen-bond acceptors (Lipinski definition) is 4. The minimum absolute atomic E-state index is 0. The summed E-state index contributed by atoms with van der Waals surface area (Å²) in [7, 11) is 0. The highest BCUT2D eigenvalue weighted by atomic mass is 35.5. The lowest BCUT2D eigenvalue weighted by Crippen LogP contribution is -2.34. The second-order valence-electron chi connectivity index (χ2n) is 6.39. The zero-order chi connectivity index (χ0) is 15.0. The van der Waals surface area contributed by atoms with Crippen molar-refractivity contribution in [2.45, 2.75) is 38.8 Å². The van der Waals surface area contributed by atoms with Crippen LogP contribution in [-0.4, -0.2) is 41.0 Å². The zero-order valence-electron chi connectivity index (χ0n) is 13.1. The Labute approximate surface area is 137 Å². The maximum atomic E-state index is 12.7. The van der Waals surface area contributed by atoms with Crippen LogP contribution in [0, 0.1) is 11.8 Å². The van der Waals surface area contributed by atoms with Crippen molar-refractivity contribution >= 4 is 18.3 Å². The van der Waals surface area contributed by atoms with Crippen molar-refractivity contribution in [2.75, 3.05) is 13.1 Å². The lowest BCUT2D eigenvalue weighted by molar-refractivity contribution is 0.0767. The molecule has 1 saturated carbocycles. The highest BCUT2D eigenvalue weighted by Gasteiger charge is 2.43. The molecule has 1 aliphatic carbocycles. The minimum Gasteiger partial charge on any atom is -0.489 e. The number of likely N-dealkylation sites (tertiary alicyclic amines) is 1. The van der Waals surface area contributed by atoms with E-state index in [4.69, 9.17) is 10.5 Å². The molecule has 5 nitrogen and oxygen atoms in total. The molecule has 2 fully saturated rings. The fraction of sp³-hybridized carbons (Fsp3) is 0.625. The summed E-state index contributed by atoms with van der Waals surface area (Å²) in [6.45, 7) is 5.44. The third-order valence-electron chi connectivity index (χ3n) is 4.54. The quantitative estimate of drug-likeness (QED) is 0.924. The van der Waals surface area contributed by atoms with Gasteiger partial charge in [0.15, 0.2) is 11.4 Å². The topological polar surface area (TPSA) is 68.5 Å². The van der Waals surface area contributed by atoms with E-state index in [2.05, 4.69) is 4.98 Å². The Hall–Kier alpha value is -1.33. The van der Waals surface area contributed by atoms with Gasteiger partial charge >= 0.3 is 0 Å². The molecule has 6 heteroatoms. The van der Waals surface area contributed by atoms with Gasteiger partial charge in [0, 0.05) is 25.3 Å². The van der Waals surface area contributed by atoms with Gasteiger partial charge in [-0.3, -0.25) is 4.79 Å². The summed E-state index contributed by atoms with van der Waals surface area (Å²) in [5.41, 5.74) is 6.55. The fourth-order valence-electron chi connectivity index (χ4n) is 3.52. The monoisotopic (exact) mass is 325 g/mol. The number of carbonyl (C=O) groups excluding carboxylic acids is 1. The van der Waals surface area contributed by atoms with Crippen molar-refractivity contribution in [3.05, 3.63) is 24.0 Å². The van der Waals surface area contributed by atoms with Gasteiger partial charge in [0.05, 0.1) is 6.10 Å². The third-order valence-corrected chi connectivity index (χ3v) is 4.54. The second-order valence-corrected chi connectivity index (χ2v) is 6.39. The maximum absolute atomic E-state index is 12.7. The van der Waals surface area contributed by atoms with Crippen molar-refractivity contribution in [1.29, 1.82) is 0 Å². The van der Waals surface area contributed by atoms with Crippen molar-refractivity contribution in [2.24, 2.45) is 17.6 Å². The molecule has 3 rings (SSSR count). The van der Waals surface area contributed by atoms with E-state index in [1.807, 2.05) is 24.8 Å². The molecule has 1 aliphatic heterocycles. The number of carbonyl (C=O) groups is 1. The Morgan fingerprint density at radius 1 is 1.41 bits per heavy atom. The van der Waals surface area contributed by atoms with Crippen molar-refractivity contribution in [3.63, 3.8) is 0 Å². The van der Waals surface area contributed by atoms with Crippen LogP contribution in [0.25, 0.3) is 0 Å². The zero-order valence-corrected chi connectivity index (χ0v) is 13.9. The molecule has 2 aliphatic rings. The summed E-state index contributed by atoms with van der Waals surface area (Å²) in [5.74, 6) is 1.54. The summed E-state index contributed by atoms with van der Waals surface area (Å²) in [6, 6.07) is 3.84. The number of nitrogens with two attached hydrogens (primary N) is 1.